The van der Waals surface area contributed by atoms with Gasteiger partial charge < -0.3 is 9.64 Å². The Kier molecular flexibility index (Phi) is 5.82. The number of sulfone groups is 1. The van der Waals surface area contributed by atoms with Crippen molar-refractivity contribution >= 4 is 15.7 Å². The Labute approximate surface area is 182 Å². The van der Waals surface area contributed by atoms with Crippen LogP contribution in [0, 0.1) is 0 Å². The molecular formula is C23H25N3O4S. The maximum Gasteiger partial charge on any atom is 0.272 e. The van der Waals surface area contributed by atoms with Crippen LogP contribution in [0.3, 0.4) is 0 Å². The Bertz CT molecular complexity index is 1190. The molecule has 2 aromatic carbocycles. The van der Waals surface area contributed by atoms with Gasteiger partial charge in [0, 0.05) is 25.2 Å². The van der Waals surface area contributed by atoms with E-state index in [1.165, 1.54) is 0 Å². The summed E-state index contributed by atoms with van der Waals surface area (Å²) < 4.78 is 32.5. The second-order valence-corrected chi connectivity index (χ2v) is 9.69. The summed E-state index contributed by atoms with van der Waals surface area (Å²) in [5.41, 5.74) is 1.94. The molecule has 1 aliphatic rings. The Balaban J connectivity index is 1.57. The number of ether oxygens (including phenoxy) is 1. The first-order chi connectivity index (χ1) is 14.9. The number of benzene rings is 2. The monoisotopic (exact) mass is 439 g/mol. The van der Waals surface area contributed by atoms with E-state index in [4.69, 9.17) is 4.74 Å². The standard InChI is InChI=1S/C23H25N3O4S/c1-25-22(15-21(24-25)17-8-6-10-19(14-17)30-2)23(27)26-13-7-9-18(26)16-31(28,29)20-11-4-3-5-12-20/h3-6,8,10-12,14-15,18H,7,9,13,16H2,1-2H3. The maximum atomic E-state index is 13.3. The van der Waals surface area contributed by atoms with Crippen LogP contribution in [0.2, 0.25) is 0 Å². The average Bonchev–Trinajstić information content (AvgIpc) is 3.40. The second kappa shape index (κ2) is 8.55. The summed E-state index contributed by atoms with van der Waals surface area (Å²) in [6, 6.07) is 17.3. The van der Waals surface area contributed by atoms with E-state index in [-0.39, 0.29) is 22.6 Å². The van der Waals surface area contributed by atoms with Crippen LogP contribution in [-0.4, -0.2) is 54.5 Å². The van der Waals surface area contributed by atoms with Crippen LogP contribution < -0.4 is 4.74 Å². The number of hydrogen-bond donors (Lipinski definition) is 0. The highest BCUT2D eigenvalue weighted by molar-refractivity contribution is 7.91. The molecule has 162 valence electrons. The van der Waals surface area contributed by atoms with Crippen molar-refractivity contribution in [2.45, 2.75) is 23.8 Å². The first kappa shape index (κ1) is 21.1. The minimum absolute atomic E-state index is 0.0800. The quantitative estimate of drug-likeness (QED) is 0.589. The molecule has 1 saturated heterocycles. The van der Waals surface area contributed by atoms with E-state index in [1.54, 1.807) is 60.1 Å². The summed E-state index contributed by atoms with van der Waals surface area (Å²) in [4.78, 5) is 15.3. The fraction of sp³-hybridized carbons (Fsp3) is 0.304. The molecule has 0 radical (unpaired) electrons. The minimum Gasteiger partial charge on any atom is -0.497 e. The highest BCUT2D eigenvalue weighted by atomic mass is 32.2. The zero-order chi connectivity index (χ0) is 22.0. The lowest BCUT2D eigenvalue weighted by Crippen LogP contribution is -2.40. The van der Waals surface area contributed by atoms with Crippen LogP contribution in [0.25, 0.3) is 11.3 Å². The number of carbonyl (C=O) groups excluding carboxylic acids is 1. The van der Waals surface area contributed by atoms with Crippen LogP contribution >= 0.6 is 0 Å². The molecule has 7 nitrogen and oxygen atoms in total. The fourth-order valence-electron chi connectivity index (χ4n) is 3.99. The third kappa shape index (κ3) is 4.34. The van der Waals surface area contributed by atoms with Gasteiger partial charge in [0.2, 0.25) is 0 Å². The highest BCUT2D eigenvalue weighted by Gasteiger charge is 2.34. The molecule has 1 fully saturated rings. The highest BCUT2D eigenvalue weighted by Crippen LogP contribution is 2.27. The molecule has 0 aliphatic carbocycles. The molecule has 0 bridgehead atoms. The SMILES string of the molecule is COc1cccc(-c2cc(C(=O)N3CCCC3CS(=O)(=O)c3ccccc3)n(C)n2)c1. The summed E-state index contributed by atoms with van der Waals surface area (Å²) in [5, 5.41) is 4.49. The molecule has 8 heteroatoms. The molecule has 3 aromatic rings. The molecule has 1 aliphatic heterocycles. The van der Waals surface area contributed by atoms with Gasteiger partial charge in [0.15, 0.2) is 9.84 Å². The molecule has 0 spiro atoms. The lowest BCUT2D eigenvalue weighted by Gasteiger charge is -2.24. The van der Waals surface area contributed by atoms with E-state index in [2.05, 4.69) is 5.10 Å². The third-order valence-corrected chi connectivity index (χ3v) is 7.43. The molecule has 2 heterocycles. The van der Waals surface area contributed by atoms with Crippen molar-refractivity contribution in [3.63, 3.8) is 0 Å². The van der Waals surface area contributed by atoms with Crippen LogP contribution in [0.15, 0.2) is 65.6 Å². The summed E-state index contributed by atoms with van der Waals surface area (Å²) in [7, 11) is -0.153. The van der Waals surface area contributed by atoms with Crippen molar-refractivity contribution in [1.29, 1.82) is 0 Å². The molecule has 4 rings (SSSR count). The first-order valence-corrected chi connectivity index (χ1v) is 11.8. The number of amides is 1. The summed E-state index contributed by atoms with van der Waals surface area (Å²) >= 11 is 0. The van der Waals surface area contributed by atoms with Crippen LogP contribution in [-0.2, 0) is 16.9 Å². The summed E-state index contributed by atoms with van der Waals surface area (Å²) in [6.07, 6.45) is 1.44. The van der Waals surface area contributed by atoms with Crippen LogP contribution in [0.4, 0.5) is 0 Å². The molecule has 1 amide bonds. The molecule has 1 atom stereocenters. The number of likely N-dealkylation sites (tertiary alicyclic amines) is 1. The lowest BCUT2D eigenvalue weighted by atomic mass is 10.1. The van der Waals surface area contributed by atoms with Gasteiger partial charge in [-0.1, -0.05) is 30.3 Å². The Morgan fingerprint density at radius 1 is 1.13 bits per heavy atom. The van der Waals surface area contributed by atoms with Gasteiger partial charge in [0.25, 0.3) is 5.91 Å². The zero-order valence-electron chi connectivity index (χ0n) is 17.6. The largest absolute Gasteiger partial charge is 0.497 e. The zero-order valence-corrected chi connectivity index (χ0v) is 18.4. The normalized spacial score (nSPS) is 16.5. The maximum absolute atomic E-state index is 13.3. The molecule has 0 N–H and O–H groups in total. The minimum atomic E-state index is -3.48. The molecule has 0 saturated carbocycles. The van der Waals surface area contributed by atoms with E-state index in [0.29, 0.717) is 30.1 Å². The molecule has 1 aromatic heterocycles. The van der Waals surface area contributed by atoms with Crippen molar-refractivity contribution in [2.24, 2.45) is 7.05 Å². The van der Waals surface area contributed by atoms with Gasteiger partial charge in [-0.25, -0.2) is 8.42 Å². The second-order valence-electron chi connectivity index (χ2n) is 7.66. The number of rotatable bonds is 6. The fourth-order valence-corrected chi connectivity index (χ4v) is 5.61. The predicted molar refractivity (Wildman–Crippen MR) is 118 cm³/mol. The van der Waals surface area contributed by atoms with Gasteiger partial charge in [-0.2, -0.15) is 5.10 Å². The first-order valence-electron chi connectivity index (χ1n) is 10.2. The molecule has 31 heavy (non-hydrogen) atoms. The molecule has 1 unspecified atom stereocenters. The van der Waals surface area contributed by atoms with Gasteiger partial charge in [-0.05, 0) is 43.2 Å². The number of methoxy groups -OCH3 is 1. The average molecular weight is 440 g/mol. The topological polar surface area (TPSA) is 81.5 Å². The third-order valence-electron chi connectivity index (χ3n) is 5.62. The van der Waals surface area contributed by atoms with Crippen molar-refractivity contribution in [2.75, 3.05) is 19.4 Å². The van der Waals surface area contributed by atoms with Gasteiger partial charge >= 0.3 is 0 Å². The number of aryl methyl sites for hydroxylation is 1. The summed E-state index contributed by atoms with van der Waals surface area (Å²) in [5.74, 6) is 0.431. The number of hydrogen-bond acceptors (Lipinski definition) is 5. The van der Waals surface area contributed by atoms with Crippen LogP contribution in [0.1, 0.15) is 23.3 Å². The van der Waals surface area contributed by atoms with Gasteiger partial charge in [0.05, 0.1) is 23.5 Å². The lowest BCUT2D eigenvalue weighted by molar-refractivity contribution is 0.0738. The van der Waals surface area contributed by atoms with Crippen molar-refractivity contribution in [1.82, 2.24) is 14.7 Å². The van der Waals surface area contributed by atoms with Gasteiger partial charge in [-0.3, -0.25) is 9.48 Å². The Morgan fingerprint density at radius 2 is 1.90 bits per heavy atom. The Morgan fingerprint density at radius 3 is 2.65 bits per heavy atom. The van der Waals surface area contributed by atoms with E-state index >= 15 is 0 Å². The number of aromatic nitrogens is 2. The smallest absolute Gasteiger partial charge is 0.272 e. The van der Waals surface area contributed by atoms with Crippen molar-refractivity contribution < 1.29 is 17.9 Å². The van der Waals surface area contributed by atoms with E-state index in [0.717, 1.165) is 12.0 Å². The van der Waals surface area contributed by atoms with Gasteiger partial charge in [0.1, 0.15) is 11.4 Å². The predicted octanol–water partition coefficient (Wildman–Crippen LogP) is 3.17. The van der Waals surface area contributed by atoms with E-state index in [1.807, 2.05) is 24.3 Å². The van der Waals surface area contributed by atoms with Crippen molar-refractivity contribution in [3.05, 3.63) is 66.4 Å². The van der Waals surface area contributed by atoms with E-state index < -0.39 is 9.84 Å². The van der Waals surface area contributed by atoms with Gasteiger partial charge in [-0.15, -0.1) is 0 Å². The summed E-state index contributed by atoms with van der Waals surface area (Å²) in [6.45, 7) is 0.535. The number of carbonyl (C=O) groups is 1. The van der Waals surface area contributed by atoms with E-state index in [9.17, 15) is 13.2 Å². The van der Waals surface area contributed by atoms with Crippen LogP contribution in [0.5, 0.6) is 5.75 Å². The Hall–Kier alpha value is -3.13. The molecular weight excluding hydrogens is 414 g/mol. The van der Waals surface area contributed by atoms with Crippen molar-refractivity contribution in [3.8, 4) is 17.0 Å². The number of nitrogens with zero attached hydrogens (tertiary/aromatic N) is 3.